The predicted octanol–water partition coefficient (Wildman–Crippen LogP) is 4.12. The molecule has 2 aromatic rings. The zero-order valence-electron chi connectivity index (χ0n) is 9.66. The van der Waals surface area contributed by atoms with Crippen LogP contribution in [0.4, 0.5) is 13.2 Å². The average Bonchev–Trinajstić information content (AvgIpc) is 2.80. The zero-order valence-corrected chi connectivity index (χ0v) is 10.5. The van der Waals surface area contributed by atoms with E-state index in [0.29, 0.717) is 5.56 Å². The molecule has 0 aliphatic carbocycles. The summed E-state index contributed by atoms with van der Waals surface area (Å²) >= 11 is 1.52. The lowest BCUT2D eigenvalue weighted by atomic mass is 9.96. The maximum absolute atomic E-state index is 12.5. The van der Waals surface area contributed by atoms with E-state index in [1.165, 1.54) is 17.4 Å². The van der Waals surface area contributed by atoms with Crippen LogP contribution in [0.3, 0.4) is 0 Å². The minimum absolute atomic E-state index is 0.376. The van der Waals surface area contributed by atoms with Crippen LogP contribution < -0.4 is 5.73 Å². The van der Waals surface area contributed by atoms with Gasteiger partial charge in [-0.25, -0.2) is 0 Å². The summed E-state index contributed by atoms with van der Waals surface area (Å²) in [5, 5.41) is 3.80. The van der Waals surface area contributed by atoms with Crippen LogP contribution in [0.2, 0.25) is 0 Å². The number of nitrogens with two attached hydrogens (primary N) is 1. The highest BCUT2D eigenvalue weighted by molar-refractivity contribution is 7.08. The summed E-state index contributed by atoms with van der Waals surface area (Å²) < 4.78 is 37.6. The molecule has 0 fully saturated rings. The van der Waals surface area contributed by atoms with E-state index >= 15 is 0 Å². The fourth-order valence-electron chi connectivity index (χ4n) is 1.83. The van der Waals surface area contributed by atoms with Crippen molar-refractivity contribution in [2.24, 2.45) is 5.73 Å². The van der Waals surface area contributed by atoms with Gasteiger partial charge in [-0.2, -0.15) is 24.5 Å². The lowest BCUT2D eigenvalue weighted by Crippen LogP contribution is -2.14. The highest BCUT2D eigenvalue weighted by Gasteiger charge is 2.30. The first-order chi connectivity index (χ1) is 8.39. The van der Waals surface area contributed by atoms with Crippen molar-refractivity contribution in [3.8, 4) is 0 Å². The van der Waals surface area contributed by atoms with Crippen LogP contribution in [-0.2, 0) is 6.18 Å². The van der Waals surface area contributed by atoms with Gasteiger partial charge in [0, 0.05) is 0 Å². The van der Waals surface area contributed by atoms with Crippen LogP contribution in [-0.4, -0.2) is 0 Å². The Kier molecular flexibility index (Phi) is 3.45. The zero-order chi connectivity index (χ0) is 13.3. The van der Waals surface area contributed by atoms with Gasteiger partial charge in [0.2, 0.25) is 0 Å². The second kappa shape index (κ2) is 4.74. The highest BCUT2D eigenvalue weighted by atomic mass is 32.1. The van der Waals surface area contributed by atoms with Gasteiger partial charge in [0.15, 0.2) is 0 Å². The van der Waals surface area contributed by atoms with E-state index in [-0.39, 0.29) is 6.04 Å². The highest BCUT2D eigenvalue weighted by Crippen LogP contribution is 2.32. The Hall–Kier alpha value is -1.33. The molecule has 0 bridgehead atoms. The van der Waals surface area contributed by atoms with Crippen molar-refractivity contribution >= 4 is 11.3 Å². The summed E-state index contributed by atoms with van der Waals surface area (Å²) in [6, 6.07) is 5.18. The number of thiophene rings is 1. The van der Waals surface area contributed by atoms with Crippen molar-refractivity contribution in [3.05, 3.63) is 57.3 Å². The maximum atomic E-state index is 12.5. The minimum Gasteiger partial charge on any atom is -0.320 e. The Morgan fingerprint density at radius 3 is 2.44 bits per heavy atom. The summed E-state index contributed by atoms with van der Waals surface area (Å²) in [6.07, 6.45) is -4.31. The van der Waals surface area contributed by atoms with E-state index in [1.807, 2.05) is 16.8 Å². The van der Waals surface area contributed by atoms with Gasteiger partial charge in [-0.15, -0.1) is 0 Å². The third kappa shape index (κ3) is 2.57. The summed E-state index contributed by atoms with van der Waals surface area (Å²) in [6.45, 7) is 1.65. The lowest BCUT2D eigenvalue weighted by molar-refractivity contribution is -0.137. The number of halogens is 3. The molecule has 2 rings (SSSR count). The molecule has 0 amide bonds. The van der Waals surface area contributed by atoms with Crippen molar-refractivity contribution in [2.75, 3.05) is 0 Å². The number of rotatable bonds is 2. The van der Waals surface area contributed by atoms with Gasteiger partial charge in [0.05, 0.1) is 11.6 Å². The molecule has 1 atom stereocenters. The molecule has 0 saturated carbocycles. The molecule has 18 heavy (non-hydrogen) atoms. The van der Waals surface area contributed by atoms with Gasteiger partial charge in [-0.1, -0.05) is 6.07 Å². The van der Waals surface area contributed by atoms with E-state index in [9.17, 15) is 13.2 Å². The van der Waals surface area contributed by atoms with Gasteiger partial charge in [-0.05, 0) is 52.6 Å². The summed E-state index contributed by atoms with van der Waals surface area (Å²) in [5.41, 5.74) is 7.61. The Morgan fingerprint density at radius 2 is 1.94 bits per heavy atom. The van der Waals surface area contributed by atoms with Gasteiger partial charge in [0.1, 0.15) is 0 Å². The van der Waals surface area contributed by atoms with Crippen LogP contribution in [0.1, 0.15) is 28.3 Å². The van der Waals surface area contributed by atoms with Gasteiger partial charge < -0.3 is 5.73 Å². The van der Waals surface area contributed by atoms with Crippen molar-refractivity contribution in [3.63, 3.8) is 0 Å². The molecule has 0 saturated heterocycles. The Bertz CT molecular complexity index is 532. The standard InChI is InChI=1S/C13H12F3NS/c1-8-6-10(13(14,15)16)2-3-11(8)12(17)9-4-5-18-7-9/h2-7,12H,17H2,1H3. The van der Waals surface area contributed by atoms with Gasteiger partial charge in [0.25, 0.3) is 0 Å². The van der Waals surface area contributed by atoms with Crippen molar-refractivity contribution in [2.45, 2.75) is 19.1 Å². The molecule has 1 aromatic heterocycles. The van der Waals surface area contributed by atoms with Crippen molar-refractivity contribution in [1.82, 2.24) is 0 Å². The SMILES string of the molecule is Cc1cc(C(F)(F)F)ccc1C(N)c1ccsc1. The fourth-order valence-corrected chi connectivity index (χ4v) is 2.53. The third-order valence-corrected chi connectivity index (χ3v) is 3.54. The Balaban J connectivity index is 2.36. The van der Waals surface area contributed by atoms with Gasteiger partial charge >= 0.3 is 6.18 Å². The number of benzene rings is 1. The number of hydrogen-bond donors (Lipinski definition) is 1. The first kappa shape index (κ1) is 13.1. The molecule has 0 aliphatic heterocycles. The Labute approximate surface area is 107 Å². The number of alkyl halides is 3. The van der Waals surface area contributed by atoms with Gasteiger partial charge in [-0.3, -0.25) is 0 Å². The largest absolute Gasteiger partial charge is 0.416 e. The van der Waals surface area contributed by atoms with Crippen LogP contribution in [0, 0.1) is 6.92 Å². The predicted molar refractivity (Wildman–Crippen MR) is 66.5 cm³/mol. The molecule has 1 nitrogen and oxygen atoms in total. The Morgan fingerprint density at radius 1 is 1.22 bits per heavy atom. The second-order valence-electron chi connectivity index (χ2n) is 4.10. The topological polar surface area (TPSA) is 26.0 Å². The summed E-state index contributed by atoms with van der Waals surface area (Å²) in [7, 11) is 0. The molecule has 96 valence electrons. The van der Waals surface area contributed by atoms with Crippen LogP contribution in [0.15, 0.2) is 35.0 Å². The molecular formula is C13H12F3NS. The van der Waals surface area contributed by atoms with E-state index < -0.39 is 11.7 Å². The molecule has 1 aromatic carbocycles. The molecular weight excluding hydrogens is 259 g/mol. The van der Waals surface area contributed by atoms with E-state index in [0.717, 1.165) is 23.3 Å². The smallest absolute Gasteiger partial charge is 0.320 e. The average molecular weight is 271 g/mol. The molecule has 1 heterocycles. The quantitative estimate of drug-likeness (QED) is 0.873. The summed E-state index contributed by atoms with van der Waals surface area (Å²) in [5.74, 6) is 0. The first-order valence-electron chi connectivity index (χ1n) is 5.35. The monoisotopic (exact) mass is 271 g/mol. The molecule has 0 radical (unpaired) electrons. The lowest BCUT2D eigenvalue weighted by Gasteiger charge is -2.16. The number of hydrogen-bond acceptors (Lipinski definition) is 2. The van der Waals surface area contributed by atoms with Crippen molar-refractivity contribution in [1.29, 1.82) is 0 Å². The first-order valence-corrected chi connectivity index (χ1v) is 6.29. The molecule has 1 unspecified atom stereocenters. The van der Waals surface area contributed by atoms with Crippen LogP contribution in [0.25, 0.3) is 0 Å². The van der Waals surface area contributed by atoms with Crippen LogP contribution in [0.5, 0.6) is 0 Å². The normalized spacial score (nSPS) is 13.6. The molecule has 5 heteroatoms. The second-order valence-corrected chi connectivity index (χ2v) is 4.88. The molecule has 0 spiro atoms. The van der Waals surface area contributed by atoms with E-state index in [1.54, 1.807) is 6.92 Å². The van der Waals surface area contributed by atoms with E-state index in [2.05, 4.69) is 0 Å². The minimum atomic E-state index is -4.31. The van der Waals surface area contributed by atoms with E-state index in [4.69, 9.17) is 5.73 Å². The maximum Gasteiger partial charge on any atom is 0.416 e. The summed E-state index contributed by atoms with van der Waals surface area (Å²) in [4.78, 5) is 0. The number of aryl methyl sites for hydroxylation is 1. The molecule has 0 aliphatic rings. The molecule has 2 N–H and O–H groups in total. The third-order valence-electron chi connectivity index (χ3n) is 2.83. The van der Waals surface area contributed by atoms with Crippen molar-refractivity contribution < 1.29 is 13.2 Å². The van der Waals surface area contributed by atoms with Crippen LogP contribution >= 0.6 is 11.3 Å². The fraction of sp³-hybridized carbons (Fsp3) is 0.231.